The van der Waals surface area contributed by atoms with Crippen LogP contribution in [0, 0.1) is 5.92 Å². The first-order valence-corrected chi connectivity index (χ1v) is 6.66. The topological polar surface area (TPSA) is 23.5 Å². The van der Waals surface area contributed by atoms with Crippen molar-refractivity contribution in [2.24, 2.45) is 5.92 Å². The maximum atomic E-state index is 9.79. The molecular weight excluding hydrogens is 194 g/mol. The number of aliphatic hydroxyl groups is 1. The summed E-state index contributed by atoms with van der Waals surface area (Å²) in [6.45, 7) is 9.61. The van der Waals surface area contributed by atoms with Gasteiger partial charge in [-0.05, 0) is 18.9 Å². The Kier molecular flexibility index (Phi) is 5.28. The third kappa shape index (κ3) is 4.20. The summed E-state index contributed by atoms with van der Waals surface area (Å²) in [5.41, 5.74) is 0. The first-order chi connectivity index (χ1) is 6.59. The number of β-amino-alcohol motifs (C(OH)–C–C–N with tert-alkyl or cyclic N) is 1. The molecule has 3 heteroatoms. The van der Waals surface area contributed by atoms with Gasteiger partial charge in [-0.25, -0.2) is 0 Å². The average molecular weight is 217 g/mol. The fourth-order valence-electron chi connectivity index (χ4n) is 1.60. The smallest absolute Gasteiger partial charge is 0.0689 e. The molecule has 1 rings (SSSR count). The van der Waals surface area contributed by atoms with Crippen LogP contribution in [-0.2, 0) is 0 Å². The van der Waals surface area contributed by atoms with Crippen LogP contribution in [0.4, 0.5) is 0 Å². The van der Waals surface area contributed by atoms with E-state index in [1.807, 2.05) is 0 Å². The summed E-state index contributed by atoms with van der Waals surface area (Å²) in [4.78, 5) is 2.40. The van der Waals surface area contributed by atoms with Gasteiger partial charge in [-0.15, -0.1) is 0 Å². The van der Waals surface area contributed by atoms with Crippen LogP contribution in [-0.4, -0.2) is 46.7 Å². The van der Waals surface area contributed by atoms with Crippen LogP contribution in [0.15, 0.2) is 0 Å². The van der Waals surface area contributed by atoms with Crippen molar-refractivity contribution in [3.05, 3.63) is 0 Å². The minimum absolute atomic E-state index is 0.159. The highest BCUT2D eigenvalue weighted by molar-refractivity contribution is 7.99. The van der Waals surface area contributed by atoms with Gasteiger partial charge in [0.1, 0.15) is 0 Å². The molecule has 84 valence electrons. The van der Waals surface area contributed by atoms with Gasteiger partial charge in [0.15, 0.2) is 0 Å². The van der Waals surface area contributed by atoms with Crippen molar-refractivity contribution in [2.45, 2.75) is 38.5 Å². The zero-order valence-electron chi connectivity index (χ0n) is 9.57. The number of hydrogen-bond acceptors (Lipinski definition) is 3. The average Bonchev–Trinajstić information content (AvgIpc) is 2.31. The van der Waals surface area contributed by atoms with E-state index in [1.165, 1.54) is 12.2 Å². The molecule has 1 aliphatic heterocycles. The van der Waals surface area contributed by atoms with E-state index in [0.717, 1.165) is 24.9 Å². The Morgan fingerprint density at radius 3 is 2.79 bits per heavy atom. The summed E-state index contributed by atoms with van der Waals surface area (Å²) >= 11 is 2.05. The van der Waals surface area contributed by atoms with Crippen LogP contribution in [0.1, 0.15) is 27.2 Å². The largest absolute Gasteiger partial charge is 0.392 e. The third-order valence-corrected chi connectivity index (χ3v) is 4.10. The van der Waals surface area contributed by atoms with Crippen molar-refractivity contribution >= 4 is 11.8 Å². The SMILES string of the molecule is CC1CCN(CC(O)C(C)C)CCS1. The van der Waals surface area contributed by atoms with Crippen LogP contribution < -0.4 is 0 Å². The molecule has 0 saturated carbocycles. The molecule has 0 aliphatic carbocycles. The molecule has 1 aliphatic rings. The monoisotopic (exact) mass is 217 g/mol. The quantitative estimate of drug-likeness (QED) is 0.780. The Balaban J connectivity index is 2.30. The van der Waals surface area contributed by atoms with E-state index in [0.29, 0.717) is 5.92 Å². The second kappa shape index (κ2) is 5.99. The summed E-state index contributed by atoms with van der Waals surface area (Å²) in [5.74, 6) is 1.59. The molecule has 2 nitrogen and oxygen atoms in total. The Morgan fingerprint density at radius 1 is 1.43 bits per heavy atom. The predicted octanol–water partition coefficient (Wildman–Crippen LogP) is 1.83. The number of nitrogens with zero attached hydrogens (tertiary/aromatic N) is 1. The second-order valence-corrected chi connectivity index (χ2v) is 6.13. The summed E-state index contributed by atoms with van der Waals surface area (Å²) in [7, 11) is 0. The molecule has 0 aromatic heterocycles. The predicted molar refractivity (Wildman–Crippen MR) is 63.8 cm³/mol. The van der Waals surface area contributed by atoms with Gasteiger partial charge < -0.3 is 5.11 Å². The van der Waals surface area contributed by atoms with E-state index in [2.05, 4.69) is 37.4 Å². The number of rotatable bonds is 3. The van der Waals surface area contributed by atoms with Gasteiger partial charge in [0, 0.05) is 24.1 Å². The van der Waals surface area contributed by atoms with Crippen LogP contribution in [0.5, 0.6) is 0 Å². The molecule has 2 atom stereocenters. The molecule has 0 radical (unpaired) electrons. The molecule has 1 N–H and O–H groups in total. The van der Waals surface area contributed by atoms with Crippen molar-refractivity contribution in [2.75, 3.05) is 25.4 Å². The highest BCUT2D eigenvalue weighted by Crippen LogP contribution is 2.19. The lowest BCUT2D eigenvalue weighted by atomic mass is 10.1. The van der Waals surface area contributed by atoms with Gasteiger partial charge in [0.25, 0.3) is 0 Å². The lowest BCUT2D eigenvalue weighted by Gasteiger charge is -2.24. The summed E-state index contributed by atoms with van der Waals surface area (Å²) < 4.78 is 0. The Labute approximate surface area is 92.1 Å². The summed E-state index contributed by atoms with van der Waals surface area (Å²) in [6, 6.07) is 0. The highest BCUT2D eigenvalue weighted by atomic mass is 32.2. The maximum Gasteiger partial charge on any atom is 0.0689 e. The number of hydrogen-bond donors (Lipinski definition) is 1. The Morgan fingerprint density at radius 2 is 2.14 bits per heavy atom. The standard InChI is InChI=1S/C11H23NOS/c1-9(2)11(13)8-12-5-4-10(3)14-7-6-12/h9-11,13H,4-8H2,1-3H3. The van der Waals surface area contributed by atoms with Crippen LogP contribution in [0.3, 0.4) is 0 Å². The lowest BCUT2D eigenvalue weighted by Crippen LogP contribution is -2.36. The Hall–Kier alpha value is 0.270. The maximum absolute atomic E-state index is 9.79. The highest BCUT2D eigenvalue weighted by Gasteiger charge is 2.18. The van der Waals surface area contributed by atoms with E-state index in [1.54, 1.807) is 0 Å². The summed E-state index contributed by atoms with van der Waals surface area (Å²) in [6.07, 6.45) is 1.10. The van der Waals surface area contributed by atoms with Gasteiger partial charge in [0.2, 0.25) is 0 Å². The number of thioether (sulfide) groups is 1. The van der Waals surface area contributed by atoms with Gasteiger partial charge in [-0.1, -0.05) is 20.8 Å². The molecule has 0 amide bonds. The minimum Gasteiger partial charge on any atom is -0.392 e. The Bertz CT molecular complexity index is 163. The molecule has 0 spiro atoms. The van der Waals surface area contributed by atoms with E-state index < -0.39 is 0 Å². The molecular formula is C11H23NOS. The van der Waals surface area contributed by atoms with Crippen LogP contribution in [0.25, 0.3) is 0 Å². The zero-order valence-corrected chi connectivity index (χ0v) is 10.4. The van der Waals surface area contributed by atoms with Gasteiger partial charge >= 0.3 is 0 Å². The van der Waals surface area contributed by atoms with Crippen LogP contribution in [0.2, 0.25) is 0 Å². The lowest BCUT2D eigenvalue weighted by molar-refractivity contribution is 0.0790. The molecule has 1 heterocycles. The molecule has 1 fully saturated rings. The van der Waals surface area contributed by atoms with Gasteiger partial charge in [0.05, 0.1) is 6.10 Å². The molecule has 0 aromatic carbocycles. The summed E-state index contributed by atoms with van der Waals surface area (Å²) in [5, 5.41) is 10.6. The first-order valence-electron chi connectivity index (χ1n) is 5.61. The first kappa shape index (κ1) is 12.3. The number of aliphatic hydroxyl groups excluding tert-OH is 1. The molecule has 0 bridgehead atoms. The fourth-order valence-corrected chi connectivity index (χ4v) is 2.64. The van der Waals surface area contributed by atoms with Crippen molar-refractivity contribution in [3.8, 4) is 0 Å². The van der Waals surface area contributed by atoms with E-state index in [9.17, 15) is 5.11 Å². The normalized spacial score (nSPS) is 27.6. The van der Waals surface area contributed by atoms with Crippen molar-refractivity contribution in [3.63, 3.8) is 0 Å². The minimum atomic E-state index is -0.159. The van der Waals surface area contributed by atoms with E-state index in [-0.39, 0.29) is 6.10 Å². The molecule has 1 saturated heterocycles. The van der Waals surface area contributed by atoms with Crippen molar-refractivity contribution in [1.82, 2.24) is 4.90 Å². The van der Waals surface area contributed by atoms with Gasteiger partial charge in [-0.2, -0.15) is 11.8 Å². The van der Waals surface area contributed by atoms with E-state index >= 15 is 0 Å². The molecule has 2 unspecified atom stereocenters. The second-order valence-electron chi connectivity index (χ2n) is 4.58. The zero-order chi connectivity index (χ0) is 10.6. The van der Waals surface area contributed by atoms with Gasteiger partial charge in [-0.3, -0.25) is 4.90 Å². The fraction of sp³-hybridized carbons (Fsp3) is 1.00. The van der Waals surface area contributed by atoms with Crippen molar-refractivity contribution < 1.29 is 5.11 Å². The van der Waals surface area contributed by atoms with Crippen LogP contribution >= 0.6 is 11.8 Å². The molecule has 14 heavy (non-hydrogen) atoms. The van der Waals surface area contributed by atoms with E-state index in [4.69, 9.17) is 0 Å². The van der Waals surface area contributed by atoms with Crippen molar-refractivity contribution in [1.29, 1.82) is 0 Å². The third-order valence-electron chi connectivity index (χ3n) is 2.88. The molecule has 0 aromatic rings.